The van der Waals surface area contributed by atoms with Crippen LogP contribution in [0.2, 0.25) is 0 Å². The normalized spacial score (nSPS) is 17.4. The predicted octanol–water partition coefficient (Wildman–Crippen LogP) is 3.33. The Balaban J connectivity index is 1.53. The summed E-state index contributed by atoms with van der Waals surface area (Å²) in [5.41, 5.74) is 7.18. The maximum atomic E-state index is 11.9. The molecule has 2 N–H and O–H groups in total. The van der Waals surface area contributed by atoms with Crippen LogP contribution in [0.4, 0.5) is 11.5 Å². The minimum absolute atomic E-state index is 0.375. The Morgan fingerprint density at radius 1 is 1.18 bits per heavy atom. The van der Waals surface area contributed by atoms with E-state index in [0.717, 1.165) is 51.2 Å². The molecule has 0 saturated carbocycles. The Hall–Kier alpha value is -3.56. The quantitative estimate of drug-likeness (QED) is 0.546. The number of aromatic nitrogens is 2. The molecule has 8 nitrogen and oxygen atoms in total. The number of rotatable bonds is 5. The van der Waals surface area contributed by atoms with Crippen LogP contribution in [0.5, 0.6) is 0 Å². The lowest BCUT2D eigenvalue weighted by atomic mass is 9.96. The molecule has 0 saturated heterocycles. The molecule has 3 aromatic rings. The zero-order valence-corrected chi connectivity index (χ0v) is 19.8. The van der Waals surface area contributed by atoms with Gasteiger partial charge in [0.05, 0.1) is 11.9 Å². The standard InChI is InChI=1S/C25H25N5O3S/c1-16-3-4-19(13-27-16)22-12-18-7-9-26-23(15-31)24(18)25(29-22)28-21-6-5-20-14-30(34(2,32)33)10-8-17(20)11-21/h3-7,9,11-13,15,23,26H,8,10,14H2,1-2H3,(H,28,29). The van der Waals surface area contributed by atoms with Gasteiger partial charge in [0.15, 0.2) is 0 Å². The SMILES string of the molecule is Cc1ccc(-c2cc3c(c(Nc4ccc5c(c4)CCN(S(C)(=O)=O)C5)n2)C(C=O)NC=C3)cn1. The van der Waals surface area contributed by atoms with Crippen LogP contribution in [-0.4, -0.2) is 41.8 Å². The fraction of sp³-hybridized carbons (Fsp3) is 0.240. The number of hydrogen-bond donors (Lipinski definition) is 2. The molecule has 0 radical (unpaired) electrons. The number of carbonyl (C=O) groups is 1. The maximum Gasteiger partial charge on any atom is 0.211 e. The van der Waals surface area contributed by atoms with E-state index in [4.69, 9.17) is 4.98 Å². The summed E-state index contributed by atoms with van der Waals surface area (Å²) in [7, 11) is -3.22. The third-order valence-electron chi connectivity index (χ3n) is 6.20. The molecule has 1 aromatic carbocycles. The molecule has 174 valence electrons. The molecule has 2 aromatic heterocycles. The van der Waals surface area contributed by atoms with E-state index in [-0.39, 0.29) is 0 Å². The van der Waals surface area contributed by atoms with Gasteiger partial charge in [-0.2, -0.15) is 4.31 Å². The molecule has 0 spiro atoms. The summed E-state index contributed by atoms with van der Waals surface area (Å²) in [6.07, 6.45) is 8.25. The van der Waals surface area contributed by atoms with E-state index in [1.807, 2.05) is 49.4 Å². The Bertz CT molecular complexity index is 1400. The lowest BCUT2D eigenvalue weighted by molar-refractivity contribution is -0.109. The van der Waals surface area contributed by atoms with Gasteiger partial charge in [0.1, 0.15) is 18.1 Å². The van der Waals surface area contributed by atoms with Crippen molar-refractivity contribution in [3.63, 3.8) is 0 Å². The maximum absolute atomic E-state index is 11.9. The second-order valence-electron chi connectivity index (χ2n) is 8.62. The highest BCUT2D eigenvalue weighted by Gasteiger charge is 2.25. The van der Waals surface area contributed by atoms with Crippen molar-refractivity contribution in [2.75, 3.05) is 18.1 Å². The van der Waals surface area contributed by atoms with Gasteiger partial charge in [-0.25, -0.2) is 13.4 Å². The Kier molecular flexibility index (Phi) is 5.66. The number of aldehydes is 1. The lowest BCUT2D eigenvalue weighted by Crippen LogP contribution is -2.35. The number of aryl methyl sites for hydroxylation is 1. The van der Waals surface area contributed by atoms with Crippen LogP contribution >= 0.6 is 0 Å². The smallest absolute Gasteiger partial charge is 0.211 e. The van der Waals surface area contributed by atoms with Crippen LogP contribution < -0.4 is 10.6 Å². The van der Waals surface area contributed by atoms with Crippen LogP contribution in [0.3, 0.4) is 0 Å². The number of anilines is 2. The molecule has 2 aliphatic heterocycles. The van der Waals surface area contributed by atoms with Gasteiger partial charge in [0.2, 0.25) is 10.0 Å². The zero-order valence-electron chi connectivity index (χ0n) is 18.9. The Morgan fingerprint density at radius 2 is 2.03 bits per heavy atom. The van der Waals surface area contributed by atoms with Crippen molar-refractivity contribution in [3.8, 4) is 11.3 Å². The molecule has 1 unspecified atom stereocenters. The van der Waals surface area contributed by atoms with Crippen molar-refractivity contribution in [2.45, 2.75) is 25.9 Å². The molecule has 5 rings (SSSR count). The molecule has 0 amide bonds. The average Bonchev–Trinajstić information content (AvgIpc) is 2.83. The molecular weight excluding hydrogens is 450 g/mol. The Labute approximate surface area is 198 Å². The first-order valence-corrected chi connectivity index (χ1v) is 12.9. The molecular formula is C25H25N5O3S. The highest BCUT2D eigenvalue weighted by Crippen LogP contribution is 2.34. The summed E-state index contributed by atoms with van der Waals surface area (Å²) >= 11 is 0. The first-order valence-electron chi connectivity index (χ1n) is 11.0. The third-order valence-corrected chi connectivity index (χ3v) is 7.45. The number of sulfonamides is 1. The summed E-state index contributed by atoms with van der Waals surface area (Å²) in [5.74, 6) is 0.593. The highest BCUT2D eigenvalue weighted by molar-refractivity contribution is 7.88. The van der Waals surface area contributed by atoms with Gasteiger partial charge >= 0.3 is 0 Å². The highest BCUT2D eigenvalue weighted by atomic mass is 32.2. The molecule has 0 bridgehead atoms. The van der Waals surface area contributed by atoms with E-state index in [0.29, 0.717) is 25.3 Å². The van der Waals surface area contributed by atoms with Crippen LogP contribution in [0.25, 0.3) is 17.3 Å². The minimum atomic E-state index is -3.22. The van der Waals surface area contributed by atoms with Gasteiger partial charge in [0, 0.05) is 41.8 Å². The number of hydrogen-bond acceptors (Lipinski definition) is 7. The van der Waals surface area contributed by atoms with Gasteiger partial charge in [-0.1, -0.05) is 6.07 Å². The van der Waals surface area contributed by atoms with Crippen LogP contribution in [-0.2, 0) is 27.8 Å². The Morgan fingerprint density at radius 3 is 2.76 bits per heavy atom. The van der Waals surface area contributed by atoms with E-state index in [1.54, 1.807) is 12.4 Å². The van der Waals surface area contributed by atoms with Crippen molar-refractivity contribution < 1.29 is 13.2 Å². The number of fused-ring (bicyclic) bond motifs is 2. The van der Waals surface area contributed by atoms with Gasteiger partial charge in [-0.15, -0.1) is 0 Å². The molecule has 9 heteroatoms. The van der Waals surface area contributed by atoms with Crippen molar-refractivity contribution >= 4 is 33.9 Å². The first-order chi connectivity index (χ1) is 16.3. The molecule has 34 heavy (non-hydrogen) atoms. The third kappa shape index (κ3) is 4.32. The molecule has 0 fully saturated rings. The number of nitrogens with one attached hydrogen (secondary N) is 2. The molecule has 0 aliphatic carbocycles. The van der Waals surface area contributed by atoms with Gasteiger partial charge in [-0.3, -0.25) is 4.98 Å². The molecule has 2 aliphatic rings. The second kappa shape index (κ2) is 8.66. The summed E-state index contributed by atoms with van der Waals surface area (Å²) in [4.78, 5) is 21.1. The largest absolute Gasteiger partial charge is 0.378 e. The van der Waals surface area contributed by atoms with Crippen molar-refractivity contribution in [3.05, 3.63) is 76.7 Å². The van der Waals surface area contributed by atoms with Crippen LogP contribution in [0.1, 0.15) is 34.0 Å². The van der Waals surface area contributed by atoms with Crippen LogP contribution in [0.15, 0.2) is 48.8 Å². The summed E-state index contributed by atoms with van der Waals surface area (Å²) < 4.78 is 25.3. The molecule has 4 heterocycles. The topological polar surface area (TPSA) is 104 Å². The zero-order chi connectivity index (χ0) is 23.9. The van der Waals surface area contributed by atoms with Gasteiger partial charge in [-0.05, 0) is 72.6 Å². The number of nitrogens with zero attached hydrogens (tertiary/aromatic N) is 3. The monoisotopic (exact) mass is 475 g/mol. The number of benzene rings is 1. The summed E-state index contributed by atoms with van der Waals surface area (Å²) in [5, 5.41) is 6.50. The van der Waals surface area contributed by atoms with E-state index in [1.165, 1.54) is 10.6 Å². The first kappa shape index (κ1) is 22.2. The van der Waals surface area contributed by atoms with Gasteiger partial charge in [0.25, 0.3) is 0 Å². The summed E-state index contributed by atoms with van der Waals surface area (Å²) in [6, 6.07) is 11.3. The average molecular weight is 476 g/mol. The van der Waals surface area contributed by atoms with E-state index in [2.05, 4.69) is 15.6 Å². The fourth-order valence-corrected chi connectivity index (χ4v) is 5.16. The van der Waals surface area contributed by atoms with Crippen LogP contribution in [0, 0.1) is 6.92 Å². The van der Waals surface area contributed by atoms with E-state index in [9.17, 15) is 13.2 Å². The number of pyridine rings is 2. The van der Waals surface area contributed by atoms with Crippen molar-refractivity contribution in [1.29, 1.82) is 0 Å². The van der Waals surface area contributed by atoms with Crippen molar-refractivity contribution in [2.24, 2.45) is 0 Å². The fourth-order valence-electron chi connectivity index (χ4n) is 4.36. The predicted molar refractivity (Wildman–Crippen MR) is 132 cm³/mol. The minimum Gasteiger partial charge on any atom is -0.378 e. The number of carbonyl (C=O) groups excluding carboxylic acids is 1. The van der Waals surface area contributed by atoms with Crippen molar-refractivity contribution in [1.82, 2.24) is 19.6 Å². The summed E-state index contributed by atoms with van der Waals surface area (Å²) in [6.45, 7) is 2.77. The second-order valence-corrected chi connectivity index (χ2v) is 10.6. The lowest BCUT2D eigenvalue weighted by Gasteiger charge is -2.27. The van der Waals surface area contributed by atoms with Gasteiger partial charge < -0.3 is 15.4 Å². The van der Waals surface area contributed by atoms with E-state index >= 15 is 0 Å². The molecule has 1 atom stereocenters. The van der Waals surface area contributed by atoms with E-state index < -0.39 is 16.1 Å².